The normalized spacial score (nSPS) is 12.5. The van der Waals surface area contributed by atoms with Crippen LogP contribution in [-0.4, -0.2) is 43.1 Å². The van der Waals surface area contributed by atoms with E-state index >= 15 is 0 Å². The molecule has 0 aromatic heterocycles. The van der Waals surface area contributed by atoms with Crippen LogP contribution in [0.4, 0.5) is 0 Å². The van der Waals surface area contributed by atoms with Crippen LogP contribution in [0.1, 0.15) is 36.2 Å². The largest absolute Gasteiger partial charge is 0.356 e. The number of ether oxygens (including phenoxy) is 2. The lowest BCUT2D eigenvalue weighted by Crippen LogP contribution is -2.41. The number of hydrogen-bond acceptors (Lipinski definition) is 6. The number of benzene rings is 2. The number of amides is 2. The maximum Gasteiger partial charge on any atom is 0.251 e. The van der Waals surface area contributed by atoms with E-state index in [2.05, 4.69) is 11.4 Å². The highest BCUT2D eigenvalue weighted by Crippen LogP contribution is 2.20. The summed E-state index contributed by atoms with van der Waals surface area (Å²) < 4.78 is 10.6. The van der Waals surface area contributed by atoms with Crippen LogP contribution in [0.25, 0.3) is 11.1 Å². The molecule has 164 valence electrons. The highest BCUT2D eigenvalue weighted by molar-refractivity contribution is 5.95. The van der Waals surface area contributed by atoms with E-state index in [-0.39, 0.29) is 25.7 Å². The third kappa shape index (κ3) is 7.50. The Kier molecular flexibility index (Phi) is 9.65. The predicted molar refractivity (Wildman–Crippen MR) is 114 cm³/mol. The second kappa shape index (κ2) is 12.4. The summed E-state index contributed by atoms with van der Waals surface area (Å²) >= 11 is 0. The number of nitriles is 1. The molecule has 0 fully saturated rings. The van der Waals surface area contributed by atoms with Crippen molar-refractivity contribution >= 4 is 11.8 Å². The van der Waals surface area contributed by atoms with Crippen molar-refractivity contribution in [3.05, 3.63) is 59.7 Å². The van der Waals surface area contributed by atoms with E-state index in [1.807, 2.05) is 31.2 Å². The second-order valence-corrected chi connectivity index (χ2v) is 7.03. The molecule has 8 nitrogen and oxygen atoms in total. The van der Waals surface area contributed by atoms with Crippen molar-refractivity contribution in [2.75, 3.05) is 20.0 Å². The van der Waals surface area contributed by atoms with Gasteiger partial charge in [0.15, 0.2) is 0 Å². The van der Waals surface area contributed by atoms with E-state index in [0.717, 1.165) is 11.1 Å². The van der Waals surface area contributed by atoms with Gasteiger partial charge in [0.05, 0.1) is 24.3 Å². The molecule has 0 bridgehead atoms. The van der Waals surface area contributed by atoms with Crippen LogP contribution < -0.4 is 10.8 Å². The molecule has 0 aliphatic carbocycles. The minimum absolute atomic E-state index is 0.0860. The van der Waals surface area contributed by atoms with Gasteiger partial charge in [-0.25, -0.2) is 5.48 Å². The van der Waals surface area contributed by atoms with Crippen molar-refractivity contribution < 1.29 is 24.3 Å². The van der Waals surface area contributed by atoms with Gasteiger partial charge >= 0.3 is 0 Å². The first kappa shape index (κ1) is 24.0. The summed E-state index contributed by atoms with van der Waals surface area (Å²) in [5, 5.41) is 20.6. The monoisotopic (exact) mass is 425 g/mol. The van der Waals surface area contributed by atoms with Crippen molar-refractivity contribution in [1.82, 2.24) is 10.8 Å². The Hall–Kier alpha value is -3.25. The molecule has 2 aromatic rings. The lowest BCUT2D eigenvalue weighted by atomic mass is 10.0. The molecule has 0 aliphatic heterocycles. The maximum absolute atomic E-state index is 12.7. The number of hydrogen-bond donors (Lipinski definition) is 3. The van der Waals surface area contributed by atoms with Crippen LogP contribution >= 0.6 is 0 Å². The Morgan fingerprint density at radius 1 is 1.06 bits per heavy atom. The lowest BCUT2D eigenvalue weighted by Gasteiger charge is -2.21. The smallest absolute Gasteiger partial charge is 0.251 e. The van der Waals surface area contributed by atoms with Crippen molar-refractivity contribution in [3.63, 3.8) is 0 Å². The first-order chi connectivity index (χ1) is 15.0. The summed E-state index contributed by atoms with van der Waals surface area (Å²) in [6, 6.07) is 15.9. The van der Waals surface area contributed by atoms with Gasteiger partial charge in [0.25, 0.3) is 5.91 Å². The van der Waals surface area contributed by atoms with Gasteiger partial charge in [0.1, 0.15) is 6.79 Å². The van der Waals surface area contributed by atoms with Gasteiger partial charge in [-0.05, 0) is 48.7 Å². The molecule has 0 unspecified atom stereocenters. The molecule has 2 amide bonds. The molecule has 0 saturated carbocycles. The number of nitrogens with one attached hydrogen (secondary N) is 2. The summed E-state index contributed by atoms with van der Waals surface area (Å²) in [4.78, 5) is 24.3. The fourth-order valence-electron chi connectivity index (χ4n) is 2.97. The minimum Gasteiger partial charge on any atom is -0.356 e. The zero-order chi connectivity index (χ0) is 22.6. The van der Waals surface area contributed by atoms with Gasteiger partial charge in [-0.3, -0.25) is 14.8 Å². The molecule has 31 heavy (non-hydrogen) atoms. The summed E-state index contributed by atoms with van der Waals surface area (Å²) in [5.74, 6) is -1.35. The fraction of sp³-hybridized carbons (Fsp3) is 0.348. The topological polar surface area (TPSA) is 121 Å². The quantitative estimate of drug-likeness (QED) is 0.220. The van der Waals surface area contributed by atoms with Crippen LogP contribution in [0.5, 0.6) is 0 Å². The third-order valence-corrected chi connectivity index (χ3v) is 4.72. The van der Waals surface area contributed by atoms with Gasteiger partial charge in [0.2, 0.25) is 5.91 Å². The summed E-state index contributed by atoms with van der Waals surface area (Å²) in [6.07, 6.45) is 0.285. The highest BCUT2D eigenvalue weighted by Gasteiger charge is 2.21. The number of nitrogens with zero attached hydrogens (tertiary/aromatic N) is 1. The van der Waals surface area contributed by atoms with Gasteiger partial charge in [-0.15, -0.1) is 0 Å². The number of carbonyl (C=O) groups is 2. The Morgan fingerprint density at radius 2 is 1.68 bits per heavy atom. The standard InChI is InChI=1S/C23H27N3O5/c1-3-30-15-31-14-21(12-16(2)22(27)26-29)25-23(28)20-10-8-19(9-11-20)18-6-4-17(13-24)5-7-18/h4-11,16,21,29H,3,12,14-15H2,1-2H3,(H,25,28)(H,26,27)/t16-,21-/m0/s1. The van der Waals surface area contributed by atoms with Crippen molar-refractivity contribution in [3.8, 4) is 17.2 Å². The molecule has 2 aromatic carbocycles. The van der Waals surface area contributed by atoms with Crippen LogP contribution in [0.2, 0.25) is 0 Å². The maximum atomic E-state index is 12.7. The van der Waals surface area contributed by atoms with Crippen LogP contribution in [-0.2, 0) is 14.3 Å². The molecule has 2 atom stereocenters. The molecule has 0 spiro atoms. The summed E-state index contributed by atoms with van der Waals surface area (Å²) in [7, 11) is 0. The SMILES string of the molecule is CCOCOC[C@H](C[C@H](C)C(=O)NO)NC(=O)c1ccc(-c2ccc(C#N)cc2)cc1. The number of carbonyl (C=O) groups excluding carboxylic acids is 2. The average molecular weight is 425 g/mol. The first-order valence-electron chi connectivity index (χ1n) is 9.99. The van der Waals surface area contributed by atoms with E-state index in [1.54, 1.807) is 36.7 Å². The Morgan fingerprint density at radius 3 is 2.23 bits per heavy atom. The molecular formula is C23H27N3O5. The zero-order valence-corrected chi connectivity index (χ0v) is 17.6. The van der Waals surface area contributed by atoms with Gasteiger partial charge in [-0.1, -0.05) is 31.2 Å². The van der Waals surface area contributed by atoms with Gasteiger partial charge < -0.3 is 14.8 Å². The summed E-state index contributed by atoms with van der Waals surface area (Å²) in [6.45, 7) is 4.25. The van der Waals surface area contributed by atoms with E-state index < -0.39 is 17.9 Å². The predicted octanol–water partition coefficient (Wildman–Crippen LogP) is 2.87. The van der Waals surface area contributed by atoms with Crippen LogP contribution in [0.3, 0.4) is 0 Å². The molecule has 3 N–H and O–H groups in total. The van der Waals surface area contributed by atoms with Crippen LogP contribution in [0, 0.1) is 17.2 Å². The molecular weight excluding hydrogens is 398 g/mol. The molecule has 0 heterocycles. The first-order valence-corrected chi connectivity index (χ1v) is 9.99. The molecule has 0 radical (unpaired) electrons. The highest BCUT2D eigenvalue weighted by atomic mass is 16.7. The van der Waals surface area contributed by atoms with Crippen molar-refractivity contribution in [2.24, 2.45) is 5.92 Å². The zero-order valence-electron chi connectivity index (χ0n) is 17.6. The lowest BCUT2D eigenvalue weighted by molar-refractivity contribution is -0.133. The van der Waals surface area contributed by atoms with Gasteiger partial charge in [0, 0.05) is 18.1 Å². The Balaban J connectivity index is 2.04. The van der Waals surface area contributed by atoms with Gasteiger partial charge in [-0.2, -0.15) is 5.26 Å². The Labute approximate surface area is 181 Å². The Bertz CT molecular complexity index is 891. The molecule has 0 aliphatic rings. The minimum atomic E-state index is -0.532. The number of hydroxylamine groups is 1. The van der Waals surface area contributed by atoms with E-state index in [9.17, 15) is 9.59 Å². The fourth-order valence-corrected chi connectivity index (χ4v) is 2.97. The van der Waals surface area contributed by atoms with E-state index in [4.69, 9.17) is 19.9 Å². The van der Waals surface area contributed by atoms with E-state index in [1.165, 1.54) is 0 Å². The van der Waals surface area contributed by atoms with E-state index in [0.29, 0.717) is 17.7 Å². The average Bonchev–Trinajstić information content (AvgIpc) is 2.81. The molecule has 2 rings (SSSR count). The third-order valence-electron chi connectivity index (χ3n) is 4.72. The van der Waals surface area contributed by atoms with Crippen molar-refractivity contribution in [1.29, 1.82) is 5.26 Å². The van der Waals surface area contributed by atoms with Crippen LogP contribution in [0.15, 0.2) is 48.5 Å². The summed E-state index contributed by atoms with van der Waals surface area (Å²) in [5.41, 5.74) is 4.54. The molecule has 8 heteroatoms. The molecule has 0 saturated heterocycles. The van der Waals surface area contributed by atoms with Crippen molar-refractivity contribution in [2.45, 2.75) is 26.3 Å². The second-order valence-electron chi connectivity index (χ2n) is 7.03. The number of rotatable bonds is 11.